The summed E-state index contributed by atoms with van der Waals surface area (Å²) in [6, 6.07) is 9.12. The van der Waals surface area contributed by atoms with E-state index in [-0.39, 0.29) is 34.4 Å². The van der Waals surface area contributed by atoms with Gasteiger partial charge in [0.2, 0.25) is 5.91 Å². The summed E-state index contributed by atoms with van der Waals surface area (Å²) in [4.78, 5) is 29.5. The second-order valence-electron chi connectivity index (χ2n) is 6.50. The van der Waals surface area contributed by atoms with Crippen LogP contribution in [0.4, 0.5) is 32.8 Å². The van der Waals surface area contributed by atoms with E-state index in [0.717, 1.165) is 28.4 Å². The van der Waals surface area contributed by atoms with Gasteiger partial charge in [0.15, 0.2) is 5.13 Å². The molecule has 1 heterocycles. The first-order valence-corrected chi connectivity index (χ1v) is 10.1. The number of rotatable bonds is 7. The Kier molecular flexibility index (Phi) is 7.26. The maximum Gasteiger partial charge on any atom is 0.416 e. The minimum Gasteiger partial charge on any atom is -0.456 e. The Balaban J connectivity index is 1.70. The number of thiazole rings is 1. The smallest absolute Gasteiger partial charge is 0.416 e. The lowest BCUT2D eigenvalue weighted by Crippen LogP contribution is -2.23. The van der Waals surface area contributed by atoms with Crippen molar-refractivity contribution in [3.8, 4) is 5.75 Å². The maximum atomic E-state index is 13.0. The van der Waals surface area contributed by atoms with Crippen LogP contribution in [-0.4, -0.2) is 23.5 Å². The number of nitrogens with zero attached hydrogens (tertiary/aromatic N) is 2. The van der Waals surface area contributed by atoms with Crippen LogP contribution in [0.5, 0.6) is 5.75 Å². The third-order valence-electron chi connectivity index (χ3n) is 4.14. The van der Waals surface area contributed by atoms with E-state index >= 15 is 0 Å². The fourth-order valence-electron chi connectivity index (χ4n) is 2.71. The van der Waals surface area contributed by atoms with Gasteiger partial charge in [0, 0.05) is 12.3 Å². The van der Waals surface area contributed by atoms with Crippen LogP contribution in [0.1, 0.15) is 28.5 Å². The number of hydrogen-bond acceptors (Lipinski definition) is 6. The van der Waals surface area contributed by atoms with Gasteiger partial charge in [-0.25, -0.2) is 9.78 Å². The van der Waals surface area contributed by atoms with Crippen LogP contribution < -0.4 is 9.64 Å². The number of amides is 1. The molecule has 0 atom stereocenters. The second kappa shape index (κ2) is 9.94. The molecule has 0 aliphatic rings. The molecular weight excluding hydrogens is 471 g/mol. The molecular formula is C21H15F5N2O4S. The van der Waals surface area contributed by atoms with Crippen LogP contribution in [-0.2, 0) is 22.3 Å². The molecule has 1 aromatic heterocycles. The minimum absolute atomic E-state index is 0.0127. The zero-order valence-corrected chi connectivity index (χ0v) is 17.6. The number of aromatic nitrogens is 1. The van der Waals surface area contributed by atoms with Crippen LogP contribution in [0.25, 0.3) is 0 Å². The molecule has 174 valence electrons. The normalized spacial score (nSPS) is 11.4. The van der Waals surface area contributed by atoms with Crippen molar-refractivity contribution in [2.75, 3.05) is 4.90 Å². The van der Waals surface area contributed by atoms with E-state index in [9.17, 15) is 31.5 Å². The number of ether oxygens (including phenoxy) is 2. The van der Waals surface area contributed by atoms with Gasteiger partial charge in [0.25, 0.3) is 0 Å². The number of carbonyl (C=O) groups excluding carboxylic acids is 2. The van der Waals surface area contributed by atoms with Crippen molar-refractivity contribution in [2.24, 2.45) is 0 Å². The van der Waals surface area contributed by atoms with Gasteiger partial charge in [-0.05, 0) is 42.5 Å². The third-order valence-corrected chi connectivity index (χ3v) is 5.02. The zero-order chi connectivity index (χ0) is 24.2. The van der Waals surface area contributed by atoms with Crippen molar-refractivity contribution in [3.05, 3.63) is 70.7 Å². The zero-order valence-electron chi connectivity index (χ0n) is 16.8. The van der Waals surface area contributed by atoms with Gasteiger partial charge in [-0.1, -0.05) is 6.07 Å². The maximum absolute atomic E-state index is 13.0. The Morgan fingerprint density at radius 3 is 2.42 bits per heavy atom. The highest BCUT2D eigenvalue weighted by Crippen LogP contribution is 2.35. The molecule has 2 aromatic carbocycles. The molecule has 6 nitrogen and oxygen atoms in total. The molecule has 0 aliphatic heterocycles. The first-order valence-electron chi connectivity index (χ1n) is 9.19. The van der Waals surface area contributed by atoms with E-state index in [2.05, 4.69) is 9.72 Å². The van der Waals surface area contributed by atoms with E-state index in [4.69, 9.17) is 4.74 Å². The minimum atomic E-state index is -4.58. The number of benzene rings is 2. The van der Waals surface area contributed by atoms with Gasteiger partial charge in [-0.2, -0.15) is 22.0 Å². The first-order chi connectivity index (χ1) is 15.5. The van der Waals surface area contributed by atoms with Crippen molar-refractivity contribution in [1.82, 2.24) is 4.98 Å². The molecule has 0 N–H and O–H groups in total. The highest BCUT2D eigenvalue weighted by atomic mass is 32.1. The van der Waals surface area contributed by atoms with E-state index in [1.54, 1.807) is 0 Å². The summed E-state index contributed by atoms with van der Waals surface area (Å²) in [6.07, 6.45) is -4.58. The van der Waals surface area contributed by atoms with E-state index in [0.29, 0.717) is 0 Å². The number of hydrogen-bond donors (Lipinski definition) is 0. The Bertz CT molecular complexity index is 1130. The lowest BCUT2D eigenvalue weighted by atomic mass is 10.2. The van der Waals surface area contributed by atoms with Gasteiger partial charge in [0.1, 0.15) is 12.4 Å². The van der Waals surface area contributed by atoms with Gasteiger partial charge in [0.05, 0.1) is 22.5 Å². The van der Waals surface area contributed by atoms with Crippen LogP contribution in [0.2, 0.25) is 0 Å². The monoisotopic (exact) mass is 486 g/mol. The SMILES string of the molecule is CC(=O)N(c1cccc(C(F)(F)F)c1)c1nc(COC(=O)c2ccc(OC(F)F)cc2)cs1. The predicted octanol–water partition coefficient (Wildman–Crippen LogP) is 5.80. The van der Waals surface area contributed by atoms with Crippen molar-refractivity contribution >= 4 is 34.0 Å². The standard InChI is InChI=1S/C21H15F5N2O4S/c1-12(29)28(16-4-2-3-14(9-16)21(24,25)26)20-27-15(11-33-20)10-31-18(30)13-5-7-17(8-6-13)32-19(22)23/h2-9,11,19H,10H2,1H3. The average Bonchev–Trinajstić information content (AvgIpc) is 3.20. The summed E-state index contributed by atoms with van der Waals surface area (Å²) in [7, 11) is 0. The summed E-state index contributed by atoms with van der Waals surface area (Å²) in [5, 5.41) is 1.59. The molecule has 12 heteroatoms. The fraction of sp³-hybridized carbons (Fsp3) is 0.190. The molecule has 0 spiro atoms. The highest BCUT2D eigenvalue weighted by molar-refractivity contribution is 7.14. The number of anilines is 2. The van der Waals surface area contributed by atoms with Gasteiger partial charge < -0.3 is 9.47 Å². The molecule has 0 fully saturated rings. The van der Waals surface area contributed by atoms with Gasteiger partial charge >= 0.3 is 18.8 Å². The first kappa shape index (κ1) is 24.1. The van der Waals surface area contributed by atoms with Crippen LogP contribution in [0.3, 0.4) is 0 Å². The molecule has 3 aromatic rings. The molecule has 0 aliphatic carbocycles. The Hall–Kier alpha value is -3.54. The van der Waals surface area contributed by atoms with Gasteiger partial charge in [-0.3, -0.25) is 9.69 Å². The Morgan fingerprint density at radius 2 is 1.82 bits per heavy atom. The van der Waals surface area contributed by atoms with Gasteiger partial charge in [-0.15, -0.1) is 11.3 Å². The third kappa shape index (κ3) is 6.25. The molecule has 3 rings (SSSR count). The number of carbonyl (C=O) groups is 2. The average molecular weight is 486 g/mol. The summed E-state index contributed by atoms with van der Waals surface area (Å²) in [5.41, 5.74) is -0.580. The van der Waals surface area contributed by atoms with Crippen LogP contribution in [0, 0.1) is 0 Å². The van der Waals surface area contributed by atoms with Crippen molar-refractivity contribution in [1.29, 1.82) is 0 Å². The van der Waals surface area contributed by atoms with E-state index < -0.39 is 30.2 Å². The summed E-state index contributed by atoms with van der Waals surface area (Å²) >= 11 is 0.983. The topological polar surface area (TPSA) is 68.7 Å². The molecule has 0 radical (unpaired) electrons. The van der Waals surface area contributed by atoms with Crippen LogP contribution in [0.15, 0.2) is 53.9 Å². The summed E-state index contributed by atoms with van der Waals surface area (Å²) < 4.78 is 72.8. The van der Waals surface area contributed by atoms with Crippen molar-refractivity contribution < 1.29 is 41.0 Å². The molecule has 0 unspecified atom stereocenters. The van der Waals surface area contributed by atoms with Crippen LogP contribution >= 0.6 is 11.3 Å². The number of halogens is 5. The van der Waals surface area contributed by atoms with Crippen molar-refractivity contribution in [3.63, 3.8) is 0 Å². The summed E-state index contributed by atoms with van der Waals surface area (Å²) in [5.74, 6) is -1.43. The van der Waals surface area contributed by atoms with Crippen molar-refractivity contribution in [2.45, 2.75) is 26.3 Å². The quantitative estimate of drug-likeness (QED) is 0.312. The van der Waals surface area contributed by atoms with E-state index in [1.165, 1.54) is 48.7 Å². The number of alkyl halides is 5. The predicted molar refractivity (Wildman–Crippen MR) is 109 cm³/mol. The molecule has 0 saturated heterocycles. The largest absolute Gasteiger partial charge is 0.456 e. The Labute approximate surface area is 188 Å². The highest BCUT2D eigenvalue weighted by Gasteiger charge is 2.31. The molecule has 1 amide bonds. The van der Waals surface area contributed by atoms with E-state index in [1.807, 2.05) is 0 Å². The fourth-order valence-corrected chi connectivity index (χ4v) is 3.58. The lowest BCUT2D eigenvalue weighted by Gasteiger charge is -2.19. The Morgan fingerprint density at radius 1 is 1.12 bits per heavy atom. The number of esters is 1. The molecule has 0 saturated carbocycles. The molecule has 0 bridgehead atoms. The lowest BCUT2D eigenvalue weighted by molar-refractivity contribution is -0.137. The summed E-state index contributed by atoms with van der Waals surface area (Å²) in [6.45, 7) is -2.09. The molecule has 33 heavy (non-hydrogen) atoms. The second-order valence-corrected chi connectivity index (χ2v) is 7.34.